The molecule has 1 rings (SSSR count). The molecule has 0 fully saturated rings. The second-order valence-electron chi connectivity index (χ2n) is 4.63. The molecule has 0 spiro atoms. The van der Waals surface area contributed by atoms with E-state index in [1.165, 1.54) is 0 Å². The van der Waals surface area contributed by atoms with E-state index in [2.05, 4.69) is 20.7 Å². The molecule has 0 radical (unpaired) electrons. The van der Waals surface area contributed by atoms with Gasteiger partial charge in [-0.1, -0.05) is 20.8 Å². The van der Waals surface area contributed by atoms with Gasteiger partial charge in [0.05, 0.1) is 4.92 Å². The van der Waals surface area contributed by atoms with Gasteiger partial charge < -0.3 is 5.32 Å². The summed E-state index contributed by atoms with van der Waals surface area (Å²) in [6, 6.07) is 0.0959. The van der Waals surface area contributed by atoms with Gasteiger partial charge in [0.15, 0.2) is 0 Å². The number of hydrazine groups is 1. The second-order valence-corrected chi connectivity index (χ2v) is 4.63. The minimum absolute atomic E-state index is 0.0959. The highest BCUT2D eigenvalue weighted by molar-refractivity contribution is 5.61. The smallest absolute Gasteiger partial charge is 0.332 e. The molecule has 1 unspecified atom stereocenters. The lowest BCUT2D eigenvalue weighted by Gasteiger charge is -2.21. The Labute approximate surface area is 111 Å². The van der Waals surface area contributed by atoms with Crippen LogP contribution >= 0.6 is 0 Å². The molecule has 0 aliphatic heterocycles. The van der Waals surface area contributed by atoms with Crippen LogP contribution < -0.4 is 16.6 Å². The molecule has 0 amide bonds. The summed E-state index contributed by atoms with van der Waals surface area (Å²) in [7, 11) is 0. The maximum Gasteiger partial charge on any atom is 0.332 e. The number of aryl methyl sites for hydroxylation is 1. The van der Waals surface area contributed by atoms with E-state index in [4.69, 9.17) is 5.84 Å². The van der Waals surface area contributed by atoms with Gasteiger partial charge in [-0.3, -0.25) is 15.5 Å². The Kier molecular flexibility index (Phi) is 4.99. The van der Waals surface area contributed by atoms with Gasteiger partial charge >= 0.3 is 5.69 Å². The summed E-state index contributed by atoms with van der Waals surface area (Å²) in [5.41, 5.74) is 2.47. The van der Waals surface area contributed by atoms with Crippen molar-refractivity contribution in [2.75, 3.05) is 10.7 Å². The number of nitrogens with one attached hydrogen (secondary N) is 2. The van der Waals surface area contributed by atoms with Gasteiger partial charge in [0.2, 0.25) is 11.8 Å². The SMILES string of the molecule is CCC(Nc1nc(NN)nc(C)c1[N+](=O)[O-])C(C)C. The number of nitro groups is 1. The molecule has 8 nitrogen and oxygen atoms in total. The van der Waals surface area contributed by atoms with Crippen LogP contribution in [-0.2, 0) is 0 Å². The maximum absolute atomic E-state index is 11.1. The highest BCUT2D eigenvalue weighted by Crippen LogP contribution is 2.28. The minimum Gasteiger partial charge on any atom is -0.361 e. The Morgan fingerprint density at radius 1 is 1.42 bits per heavy atom. The number of rotatable bonds is 6. The Balaban J connectivity index is 3.22. The Bertz CT molecular complexity index is 463. The van der Waals surface area contributed by atoms with Crippen molar-refractivity contribution in [2.45, 2.75) is 40.2 Å². The molecule has 1 aromatic rings. The monoisotopic (exact) mass is 268 g/mol. The van der Waals surface area contributed by atoms with Crippen LogP contribution in [0.25, 0.3) is 0 Å². The van der Waals surface area contributed by atoms with E-state index in [0.717, 1.165) is 6.42 Å². The van der Waals surface area contributed by atoms with Crippen LogP contribution in [0.3, 0.4) is 0 Å². The normalized spacial score (nSPS) is 12.3. The number of nitrogens with zero attached hydrogens (tertiary/aromatic N) is 3. The molecule has 106 valence electrons. The van der Waals surface area contributed by atoms with Crippen molar-refractivity contribution in [3.05, 3.63) is 15.8 Å². The van der Waals surface area contributed by atoms with E-state index in [1.54, 1.807) is 6.92 Å². The summed E-state index contributed by atoms with van der Waals surface area (Å²) >= 11 is 0. The topological polar surface area (TPSA) is 119 Å². The minimum atomic E-state index is -0.481. The molecule has 1 aromatic heterocycles. The highest BCUT2D eigenvalue weighted by atomic mass is 16.6. The summed E-state index contributed by atoms with van der Waals surface area (Å²) in [6.07, 6.45) is 0.837. The summed E-state index contributed by atoms with van der Waals surface area (Å²) in [6.45, 7) is 7.66. The fraction of sp³-hybridized carbons (Fsp3) is 0.636. The van der Waals surface area contributed by atoms with Gasteiger partial charge in [0.25, 0.3) is 0 Å². The Morgan fingerprint density at radius 2 is 2.05 bits per heavy atom. The number of nitrogens with two attached hydrogens (primary N) is 1. The van der Waals surface area contributed by atoms with Crippen molar-refractivity contribution < 1.29 is 4.92 Å². The third kappa shape index (κ3) is 3.50. The second kappa shape index (κ2) is 6.28. The molecule has 0 aliphatic rings. The van der Waals surface area contributed by atoms with Gasteiger partial charge in [-0.2, -0.15) is 4.98 Å². The molecule has 0 saturated carbocycles. The lowest BCUT2D eigenvalue weighted by Crippen LogP contribution is -2.26. The zero-order valence-corrected chi connectivity index (χ0v) is 11.6. The summed E-state index contributed by atoms with van der Waals surface area (Å²) in [5, 5.41) is 14.2. The van der Waals surface area contributed by atoms with E-state index in [1.807, 2.05) is 20.8 Å². The standard InChI is InChI=1S/C11H20N6O2/c1-5-8(6(2)3)14-10-9(17(18)19)7(4)13-11(15-10)16-12/h6,8H,5,12H2,1-4H3,(H2,13,14,15,16). The maximum atomic E-state index is 11.1. The van der Waals surface area contributed by atoms with Crippen LogP contribution in [0, 0.1) is 23.0 Å². The van der Waals surface area contributed by atoms with Gasteiger partial charge in [-0.05, 0) is 19.3 Å². The van der Waals surface area contributed by atoms with Crippen molar-refractivity contribution in [1.82, 2.24) is 9.97 Å². The lowest BCUT2D eigenvalue weighted by atomic mass is 10.0. The fourth-order valence-electron chi connectivity index (χ4n) is 1.87. The first-order chi connectivity index (χ1) is 8.90. The average molecular weight is 268 g/mol. The van der Waals surface area contributed by atoms with Crippen molar-refractivity contribution in [2.24, 2.45) is 11.8 Å². The van der Waals surface area contributed by atoms with Crippen LogP contribution in [0.5, 0.6) is 0 Å². The van der Waals surface area contributed by atoms with Gasteiger partial charge in [-0.15, -0.1) is 0 Å². The van der Waals surface area contributed by atoms with Gasteiger partial charge in [-0.25, -0.2) is 10.8 Å². The van der Waals surface area contributed by atoms with E-state index < -0.39 is 4.92 Å². The summed E-state index contributed by atoms with van der Waals surface area (Å²) in [5.74, 6) is 5.95. The molecule has 8 heteroatoms. The number of hydrogen-bond donors (Lipinski definition) is 3. The third-order valence-corrected chi connectivity index (χ3v) is 2.94. The first kappa shape index (κ1) is 15.1. The van der Waals surface area contributed by atoms with Crippen LogP contribution in [0.2, 0.25) is 0 Å². The molecule has 1 heterocycles. The predicted molar refractivity (Wildman–Crippen MR) is 73.8 cm³/mol. The van der Waals surface area contributed by atoms with E-state index in [0.29, 0.717) is 5.92 Å². The van der Waals surface area contributed by atoms with Crippen molar-refractivity contribution >= 4 is 17.5 Å². The molecular formula is C11H20N6O2. The molecule has 19 heavy (non-hydrogen) atoms. The number of aromatic nitrogens is 2. The van der Waals surface area contributed by atoms with Gasteiger partial charge in [0, 0.05) is 6.04 Å². The molecule has 4 N–H and O–H groups in total. The van der Waals surface area contributed by atoms with Crippen LogP contribution in [0.15, 0.2) is 0 Å². The largest absolute Gasteiger partial charge is 0.361 e. The molecule has 0 saturated heterocycles. The van der Waals surface area contributed by atoms with E-state index in [9.17, 15) is 10.1 Å². The third-order valence-electron chi connectivity index (χ3n) is 2.94. The van der Waals surface area contributed by atoms with E-state index >= 15 is 0 Å². The number of anilines is 2. The molecule has 1 atom stereocenters. The molecule has 0 bridgehead atoms. The van der Waals surface area contributed by atoms with Gasteiger partial charge in [0.1, 0.15) is 5.69 Å². The van der Waals surface area contributed by atoms with Crippen molar-refractivity contribution in [3.63, 3.8) is 0 Å². The summed E-state index contributed by atoms with van der Waals surface area (Å²) in [4.78, 5) is 18.6. The first-order valence-corrected chi connectivity index (χ1v) is 6.16. The average Bonchev–Trinajstić information content (AvgIpc) is 2.34. The Morgan fingerprint density at radius 3 is 2.47 bits per heavy atom. The Hall–Kier alpha value is -1.96. The number of nitrogen functional groups attached to an aromatic ring is 1. The van der Waals surface area contributed by atoms with Crippen LogP contribution in [0.4, 0.5) is 17.5 Å². The van der Waals surface area contributed by atoms with Crippen molar-refractivity contribution in [3.8, 4) is 0 Å². The highest BCUT2D eigenvalue weighted by Gasteiger charge is 2.24. The first-order valence-electron chi connectivity index (χ1n) is 6.16. The zero-order chi connectivity index (χ0) is 14.6. The van der Waals surface area contributed by atoms with Crippen LogP contribution in [-0.4, -0.2) is 20.9 Å². The molecule has 0 aromatic carbocycles. The predicted octanol–water partition coefficient (Wildman–Crippen LogP) is 1.83. The molecular weight excluding hydrogens is 248 g/mol. The summed E-state index contributed by atoms with van der Waals surface area (Å²) < 4.78 is 0. The van der Waals surface area contributed by atoms with E-state index in [-0.39, 0.29) is 29.2 Å². The quantitative estimate of drug-likeness (QED) is 0.409. The fourth-order valence-corrected chi connectivity index (χ4v) is 1.87. The lowest BCUT2D eigenvalue weighted by molar-refractivity contribution is -0.385. The zero-order valence-electron chi connectivity index (χ0n) is 11.6. The molecule has 0 aliphatic carbocycles. The van der Waals surface area contributed by atoms with Crippen molar-refractivity contribution in [1.29, 1.82) is 0 Å². The number of hydrogen-bond acceptors (Lipinski definition) is 7. The van der Waals surface area contributed by atoms with Crippen LogP contribution in [0.1, 0.15) is 32.9 Å².